The summed E-state index contributed by atoms with van der Waals surface area (Å²) in [5.74, 6) is 0.884. The third kappa shape index (κ3) is 2.41. The van der Waals surface area contributed by atoms with E-state index in [-0.39, 0.29) is 6.61 Å². The molecule has 0 aliphatic carbocycles. The number of aromatic nitrogens is 3. The Kier molecular flexibility index (Phi) is 3.09. The lowest BCUT2D eigenvalue weighted by atomic mass is 10.1. The number of hydrogen-bond acceptors (Lipinski definition) is 3. The highest BCUT2D eigenvalue weighted by Crippen LogP contribution is 2.06. The Bertz CT molecular complexity index is 411. The van der Waals surface area contributed by atoms with E-state index in [2.05, 4.69) is 22.3 Å². The van der Waals surface area contributed by atoms with E-state index in [1.807, 2.05) is 22.8 Å². The Balaban J connectivity index is 2.14. The molecule has 0 saturated heterocycles. The summed E-state index contributed by atoms with van der Waals surface area (Å²) in [5.41, 5.74) is 1.20. The van der Waals surface area contributed by atoms with Crippen LogP contribution < -0.4 is 0 Å². The molecular formula is C11H13N3O. The molecular weight excluding hydrogens is 190 g/mol. The molecule has 0 aliphatic heterocycles. The summed E-state index contributed by atoms with van der Waals surface area (Å²) < 4.78 is 1.87. The van der Waals surface area contributed by atoms with Crippen molar-refractivity contribution >= 4 is 0 Å². The molecule has 2 rings (SSSR count). The zero-order valence-electron chi connectivity index (χ0n) is 8.37. The first kappa shape index (κ1) is 9.86. The fourth-order valence-corrected chi connectivity index (χ4v) is 1.49. The van der Waals surface area contributed by atoms with Crippen molar-refractivity contribution in [2.75, 3.05) is 6.61 Å². The molecule has 1 aromatic heterocycles. The van der Waals surface area contributed by atoms with Crippen LogP contribution >= 0.6 is 0 Å². The van der Waals surface area contributed by atoms with Gasteiger partial charge in [0.2, 0.25) is 0 Å². The molecule has 0 aliphatic rings. The van der Waals surface area contributed by atoms with Crippen LogP contribution in [0, 0.1) is 0 Å². The van der Waals surface area contributed by atoms with E-state index in [1.54, 1.807) is 6.33 Å². The van der Waals surface area contributed by atoms with Gasteiger partial charge in [0, 0.05) is 13.0 Å². The highest BCUT2D eigenvalue weighted by Gasteiger charge is 2.03. The maximum atomic E-state index is 8.85. The van der Waals surface area contributed by atoms with Gasteiger partial charge < -0.3 is 9.67 Å². The van der Waals surface area contributed by atoms with Crippen molar-refractivity contribution in [2.45, 2.75) is 13.0 Å². The van der Waals surface area contributed by atoms with Gasteiger partial charge in [-0.05, 0) is 5.56 Å². The zero-order chi connectivity index (χ0) is 10.5. The Morgan fingerprint density at radius 1 is 1.20 bits per heavy atom. The number of hydrogen-bond donors (Lipinski definition) is 1. The minimum atomic E-state index is 0.111. The van der Waals surface area contributed by atoms with Crippen molar-refractivity contribution in [3.63, 3.8) is 0 Å². The largest absolute Gasteiger partial charge is 0.395 e. The molecule has 2 aromatic rings. The minimum absolute atomic E-state index is 0.111. The summed E-state index contributed by atoms with van der Waals surface area (Å²) in [4.78, 5) is 0. The average Bonchev–Trinajstić information content (AvgIpc) is 2.68. The van der Waals surface area contributed by atoms with Crippen LogP contribution in [0.25, 0.3) is 0 Å². The number of aliphatic hydroxyl groups is 1. The quantitative estimate of drug-likeness (QED) is 0.801. The first-order valence-electron chi connectivity index (χ1n) is 4.91. The number of rotatable bonds is 4. The maximum absolute atomic E-state index is 8.85. The van der Waals surface area contributed by atoms with Crippen LogP contribution in [0.5, 0.6) is 0 Å². The van der Waals surface area contributed by atoms with Gasteiger partial charge in [0.05, 0.1) is 6.61 Å². The zero-order valence-corrected chi connectivity index (χ0v) is 8.37. The van der Waals surface area contributed by atoms with E-state index in [0.717, 1.165) is 12.2 Å². The Morgan fingerprint density at radius 3 is 2.73 bits per heavy atom. The van der Waals surface area contributed by atoms with Crippen molar-refractivity contribution in [3.8, 4) is 0 Å². The van der Waals surface area contributed by atoms with Gasteiger partial charge >= 0.3 is 0 Å². The molecule has 0 bridgehead atoms. The Morgan fingerprint density at radius 2 is 2.00 bits per heavy atom. The summed E-state index contributed by atoms with van der Waals surface area (Å²) in [5, 5.41) is 16.7. The van der Waals surface area contributed by atoms with Gasteiger partial charge in [-0.15, -0.1) is 10.2 Å². The van der Waals surface area contributed by atoms with Gasteiger partial charge in [0.25, 0.3) is 0 Å². The average molecular weight is 203 g/mol. The summed E-state index contributed by atoms with van der Waals surface area (Å²) >= 11 is 0. The van der Waals surface area contributed by atoms with Crippen molar-refractivity contribution in [3.05, 3.63) is 48.0 Å². The lowest BCUT2D eigenvalue weighted by molar-refractivity contribution is 0.274. The molecule has 78 valence electrons. The Hall–Kier alpha value is -1.68. The van der Waals surface area contributed by atoms with Crippen molar-refractivity contribution in [1.29, 1.82) is 0 Å². The minimum Gasteiger partial charge on any atom is -0.395 e. The van der Waals surface area contributed by atoms with Gasteiger partial charge in [0.15, 0.2) is 0 Å². The molecule has 0 amide bonds. The molecule has 0 atom stereocenters. The van der Waals surface area contributed by atoms with Gasteiger partial charge in [0.1, 0.15) is 12.2 Å². The second kappa shape index (κ2) is 4.70. The number of benzene rings is 1. The molecule has 0 spiro atoms. The van der Waals surface area contributed by atoms with E-state index in [1.165, 1.54) is 5.56 Å². The molecule has 1 aromatic carbocycles. The van der Waals surface area contributed by atoms with E-state index in [4.69, 9.17) is 5.11 Å². The predicted octanol–water partition coefficient (Wildman–Crippen LogP) is 0.861. The van der Waals surface area contributed by atoms with Crippen LogP contribution in [0.1, 0.15) is 11.4 Å². The summed E-state index contributed by atoms with van der Waals surface area (Å²) in [6.07, 6.45) is 2.40. The molecule has 4 nitrogen and oxygen atoms in total. The third-order valence-corrected chi connectivity index (χ3v) is 2.24. The van der Waals surface area contributed by atoms with Gasteiger partial charge in [-0.2, -0.15) is 0 Å². The maximum Gasteiger partial charge on any atom is 0.137 e. The first-order valence-corrected chi connectivity index (χ1v) is 4.91. The SMILES string of the molecule is OCCn1cnnc1Cc1ccccc1. The summed E-state index contributed by atoms with van der Waals surface area (Å²) in [6.45, 7) is 0.662. The van der Waals surface area contributed by atoms with Gasteiger partial charge in [-0.25, -0.2) is 0 Å². The molecule has 4 heteroatoms. The fraction of sp³-hybridized carbons (Fsp3) is 0.273. The molecule has 0 fully saturated rings. The molecule has 0 saturated carbocycles. The van der Waals surface area contributed by atoms with Crippen molar-refractivity contribution in [1.82, 2.24) is 14.8 Å². The monoisotopic (exact) mass is 203 g/mol. The second-order valence-electron chi connectivity index (χ2n) is 3.33. The van der Waals surface area contributed by atoms with E-state index in [9.17, 15) is 0 Å². The highest BCUT2D eigenvalue weighted by atomic mass is 16.3. The van der Waals surface area contributed by atoms with Crippen LogP contribution in [0.4, 0.5) is 0 Å². The third-order valence-electron chi connectivity index (χ3n) is 2.24. The standard InChI is InChI=1S/C11H13N3O/c15-7-6-14-9-12-13-11(14)8-10-4-2-1-3-5-10/h1-5,9,15H,6-8H2. The van der Waals surface area contributed by atoms with Crippen LogP contribution in [0.3, 0.4) is 0 Å². The fourth-order valence-electron chi connectivity index (χ4n) is 1.49. The summed E-state index contributed by atoms with van der Waals surface area (Å²) in [6, 6.07) is 10.1. The van der Waals surface area contributed by atoms with E-state index in [0.29, 0.717) is 6.54 Å². The predicted molar refractivity (Wildman–Crippen MR) is 56.4 cm³/mol. The van der Waals surface area contributed by atoms with Crippen LogP contribution in [0.15, 0.2) is 36.7 Å². The smallest absolute Gasteiger partial charge is 0.137 e. The van der Waals surface area contributed by atoms with Crippen molar-refractivity contribution in [2.24, 2.45) is 0 Å². The van der Waals surface area contributed by atoms with Gasteiger partial charge in [-0.1, -0.05) is 30.3 Å². The second-order valence-corrected chi connectivity index (χ2v) is 3.33. The molecule has 15 heavy (non-hydrogen) atoms. The molecule has 0 unspecified atom stereocenters. The van der Waals surface area contributed by atoms with Crippen molar-refractivity contribution < 1.29 is 5.11 Å². The first-order chi connectivity index (χ1) is 7.40. The van der Waals surface area contributed by atoms with E-state index < -0.39 is 0 Å². The lowest BCUT2D eigenvalue weighted by Crippen LogP contribution is -2.06. The van der Waals surface area contributed by atoms with Crippen LogP contribution in [-0.2, 0) is 13.0 Å². The van der Waals surface area contributed by atoms with E-state index >= 15 is 0 Å². The number of aliphatic hydroxyl groups excluding tert-OH is 1. The van der Waals surface area contributed by atoms with Crippen LogP contribution in [0.2, 0.25) is 0 Å². The topological polar surface area (TPSA) is 50.9 Å². The lowest BCUT2D eigenvalue weighted by Gasteiger charge is -2.03. The molecule has 1 N–H and O–H groups in total. The number of nitrogens with zero attached hydrogens (tertiary/aromatic N) is 3. The highest BCUT2D eigenvalue weighted by molar-refractivity contribution is 5.18. The molecule has 0 radical (unpaired) electrons. The normalized spacial score (nSPS) is 10.5. The van der Waals surface area contributed by atoms with Crippen LogP contribution in [-0.4, -0.2) is 26.5 Å². The van der Waals surface area contributed by atoms with Gasteiger partial charge in [-0.3, -0.25) is 0 Å². The molecule has 1 heterocycles. The Labute approximate surface area is 88.2 Å². The summed E-state index contributed by atoms with van der Waals surface area (Å²) in [7, 11) is 0.